The molecular formula is C24H28ClNO6. The SMILES string of the molecule is COc1ccccc1CCOc1ccc(Cl)c2c1CCN(C)CC2.O=C(O)C=CC(=O)O. The molecule has 0 saturated carbocycles. The average molecular weight is 462 g/mol. The molecule has 1 aliphatic rings. The Labute approximate surface area is 192 Å². The van der Waals surface area contributed by atoms with Crippen LogP contribution in [0.1, 0.15) is 16.7 Å². The van der Waals surface area contributed by atoms with Crippen LogP contribution in [0.5, 0.6) is 11.5 Å². The van der Waals surface area contributed by atoms with E-state index < -0.39 is 11.9 Å². The number of nitrogens with zero attached hydrogens (tertiary/aromatic N) is 1. The van der Waals surface area contributed by atoms with Crippen molar-refractivity contribution in [1.82, 2.24) is 4.90 Å². The second-order valence-corrected chi connectivity index (χ2v) is 7.63. The van der Waals surface area contributed by atoms with Gasteiger partial charge in [0.15, 0.2) is 0 Å². The third-order valence-electron chi connectivity index (χ3n) is 5.01. The Hall–Kier alpha value is -3.03. The first-order valence-electron chi connectivity index (χ1n) is 10.2. The molecule has 3 rings (SSSR count). The summed E-state index contributed by atoms with van der Waals surface area (Å²) in [5.74, 6) is -0.628. The summed E-state index contributed by atoms with van der Waals surface area (Å²) in [5, 5.41) is 16.5. The van der Waals surface area contributed by atoms with Crippen LogP contribution in [0, 0.1) is 0 Å². The third-order valence-corrected chi connectivity index (χ3v) is 5.36. The molecule has 172 valence electrons. The van der Waals surface area contributed by atoms with Gasteiger partial charge in [0.1, 0.15) is 11.5 Å². The number of carboxylic acids is 2. The second-order valence-electron chi connectivity index (χ2n) is 7.23. The summed E-state index contributed by atoms with van der Waals surface area (Å²) in [6.07, 6.45) is 3.90. The highest BCUT2D eigenvalue weighted by Crippen LogP contribution is 2.32. The zero-order valence-electron chi connectivity index (χ0n) is 18.2. The molecule has 0 amide bonds. The molecule has 2 aromatic rings. The van der Waals surface area contributed by atoms with Crippen molar-refractivity contribution in [3.05, 3.63) is 70.3 Å². The van der Waals surface area contributed by atoms with Gasteiger partial charge in [-0.05, 0) is 49.2 Å². The molecule has 32 heavy (non-hydrogen) atoms. The fraction of sp³-hybridized carbons (Fsp3) is 0.333. The zero-order valence-corrected chi connectivity index (χ0v) is 19.0. The molecule has 1 aliphatic heterocycles. The predicted octanol–water partition coefficient (Wildman–Crippen LogP) is 3.71. The molecule has 0 spiro atoms. The van der Waals surface area contributed by atoms with Gasteiger partial charge < -0.3 is 24.6 Å². The van der Waals surface area contributed by atoms with Crippen molar-refractivity contribution < 1.29 is 29.3 Å². The summed E-state index contributed by atoms with van der Waals surface area (Å²) in [7, 11) is 3.86. The van der Waals surface area contributed by atoms with E-state index in [4.69, 9.17) is 31.3 Å². The van der Waals surface area contributed by atoms with E-state index in [1.807, 2.05) is 30.3 Å². The van der Waals surface area contributed by atoms with Crippen molar-refractivity contribution in [3.63, 3.8) is 0 Å². The van der Waals surface area contributed by atoms with Crippen molar-refractivity contribution >= 4 is 23.5 Å². The van der Waals surface area contributed by atoms with Crippen LogP contribution in [0.15, 0.2) is 48.6 Å². The summed E-state index contributed by atoms with van der Waals surface area (Å²) in [5.41, 5.74) is 3.68. The van der Waals surface area contributed by atoms with E-state index in [9.17, 15) is 9.59 Å². The number of carboxylic acid groups (broad SMARTS) is 2. The molecule has 0 fully saturated rings. The number of ether oxygens (including phenoxy) is 2. The first-order chi connectivity index (χ1) is 15.3. The van der Waals surface area contributed by atoms with Crippen molar-refractivity contribution in [2.75, 3.05) is 33.9 Å². The van der Waals surface area contributed by atoms with Crippen LogP contribution in [0.25, 0.3) is 0 Å². The summed E-state index contributed by atoms with van der Waals surface area (Å²) in [6, 6.07) is 12.1. The Balaban J connectivity index is 0.000000390. The topological polar surface area (TPSA) is 96.3 Å². The van der Waals surface area contributed by atoms with E-state index >= 15 is 0 Å². The molecule has 8 heteroatoms. The third kappa shape index (κ3) is 7.90. The molecule has 0 atom stereocenters. The van der Waals surface area contributed by atoms with Crippen LogP contribution in [-0.4, -0.2) is 60.9 Å². The molecule has 0 aromatic heterocycles. The molecule has 0 aliphatic carbocycles. The maximum absolute atomic E-state index is 9.55. The summed E-state index contributed by atoms with van der Waals surface area (Å²) in [4.78, 5) is 21.4. The Bertz CT molecular complexity index is 944. The largest absolute Gasteiger partial charge is 0.496 e. The smallest absolute Gasteiger partial charge is 0.328 e. The molecule has 0 saturated heterocycles. The van der Waals surface area contributed by atoms with Crippen LogP contribution in [0.3, 0.4) is 0 Å². The average Bonchev–Trinajstić information content (AvgIpc) is 2.97. The van der Waals surface area contributed by atoms with E-state index in [2.05, 4.69) is 18.0 Å². The molecule has 2 aromatic carbocycles. The number of hydrogen-bond donors (Lipinski definition) is 2. The maximum atomic E-state index is 9.55. The van der Waals surface area contributed by atoms with Gasteiger partial charge in [0.2, 0.25) is 0 Å². The number of likely N-dealkylation sites (N-methyl/N-ethyl adjacent to an activating group) is 1. The molecule has 0 bridgehead atoms. The van der Waals surface area contributed by atoms with E-state index in [0.29, 0.717) is 18.8 Å². The summed E-state index contributed by atoms with van der Waals surface area (Å²) < 4.78 is 11.5. The lowest BCUT2D eigenvalue weighted by Crippen LogP contribution is -2.20. The predicted molar refractivity (Wildman–Crippen MR) is 123 cm³/mol. The summed E-state index contributed by atoms with van der Waals surface area (Å²) in [6.45, 7) is 2.71. The number of halogens is 1. The van der Waals surface area contributed by atoms with Gasteiger partial charge in [-0.2, -0.15) is 0 Å². The van der Waals surface area contributed by atoms with Crippen molar-refractivity contribution in [2.24, 2.45) is 0 Å². The first kappa shape index (κ1) is 25.2. The molecule has 0 unspecified atom stereocenters. The van der Waals surface area contributed by atoms with Gasteiger partial charge in [-0.25, -0.2) is 9.59 Å². The molecule has 0 radical (unpaired) electrons. The second kappa shape index (κ2) is 12.7. The van der Waals surface area contributed by atoms with Crippen LogP contribution in [0.4, 0.5) is 0 Å². The van der Waals surface area contributed by atoms with Gasteiger partial charge in [-0.3, -0.25) is 0 Å². The number of hydrogen-bond acceptors (Lipinski definition) is 5. The quantitative estimate of drug-likeness (QED) is 0.606. The highest BCUT2D eigenvalue weighted by Gasteiger charge is 2.18. The van der Waals surface area contributed by atoms with Crippen LogP contribution < -0.4 is 9.47 Å². The van der Waals surface area contributed by atoms with Gasteiger partial charge in [0, 0.05) is 42.2 Å². The lowest BCUT2D eigenvalue weighted by atomic mass is 10.0. The molecule has 7 nitrogen and oxygen atoms in total. The number of methoxy groups -OCH3 is 1. The standard InChI is InChI=1S/C20H24ClNO2.C4H4O4/c1-22-12-9-16-17(10-13-22)20(8-7-18(16)21)24-14-11-15-5-3-4-6-19(15)23-2;5-3(6)1-2-4(7)8/h3-8H,9-14H2,1-2H3;1-2H,(H,5,6)(H,7,8). The number of carbonyl (C=O) groups is 2. The summed E-state index contributed by atoms with van der Waals surface area (Å²) >= 11 is 6.41. The van der Waals surface area contributed by atoms with E-state index in [1.54, 1.807) is 7.11 Å². The van der Waals surface area contributed by atoms with Crippen molar-refractivity contribution in [1.29, 1.82) is 0 Å². The first-order valence-corrected chi connectivity index (χ1v) is 10.6. The minimum Gasteiger partial charge on any atom is -0.496 e. The van der Waals surface area contributed by atoms with Gasteiger partial charge in [0.05, 0.1) is 13.7 Å². The van der Waals surface area contributed by atoms with E-state index in [-0.39, 0.29) is 0 Å². The highest BCUT2D eigenvalue weighted by molar-refractivity contribution is 6.31. The monoisotopic (exact) mass is 461 g/mol. The van der Waals surface area contributed by atoms with Gasteiger partial charge in [-0.15, -0.1) is 0 Å². The van der Waals surface area contributed by atoms with E-state index in [1.165, 1.54) is 16.7 Å². The Morgan fingerprint density at radius 3 is 2.25 bits per heavy atom. The van der Waals surface area contributed by atoms with E-state index in [0.717, 1.165) is 48.9 Å². The normalized spacial score (nSPS) is 13.5. The lowest BCUT2D eigenvalue weighted by Gasteiger charge is -2.15. The van der Waals surface area contributed by atoms with Crippen LogP contribution >= 0.6 is 11.6 Å². The van der Waals surface area contributed by atoms with Gasteiger partial charge in [-0.1, -0.05) is 29.8 Å². The molecule has 1 heterocycles. The Morgan fingerprint density at radius 1 is 1.00 bits per heavy atom. The fourth-order valence-electron chi connectivity index (χ4n) is 3.36. The fourth-order valence-corrected chi connectivity index (χ4v) is 3.63. The Morgan fingerprint density at radius 2 is 1.62 bits per heavy atom. The number of benzene rings is 2. The number of aliphatic carboxylic acids is 2. The van der Waals surface area contributed by atoms with Gasteiger partial charge in [0.25, 0.3) is 0 Å². The minimum atomic E-state index is -1.26. The maximum Gasteiger partial charge on any atom is 0.328 e. The van der Waals surface area contributed by atoms with Gasteiger partial charge >= 0.3 is 11.9 Å². The van der Waals surface area contributed by atoms with Crippen molar-refractivity contribution in [3.8, 4) is 11.5 Å². The molecule has 2 N–H and O–H groups in total. The number of fused-ring (bicyclic) bond motifs is 1. The van der Waals surface area contributed by atoms with Crippen molar-refractivity contribution in [2.45, 2.75) is 19.3 Å². The lowest BCUT2D eigenvalue weighted by molar-refractivity contribution is -0.134. The number of para-hydroxylation sites is 1. The minimum absolute atomic E-state index is 0.558. The molecular weight excluding hydrogens is 434 g/mol. The van der Waals surface area contributed by atoms with Crippen LogP contribution in [-0.2, 0) is 28.9 Å². The number of rotatable bonds is 7. The Kier molecular flexibility index (Phi) is 10.0. The highest BCUT2D eigenvalue weighted by atomic mass is 35.5. The zero-order chi connectivity index (χ0) is 23.5. The van der Waals surface area contributed by atoms with Crippen LogP contribution in [0.2, 0.25) is 5.02 Å².